The molecular weight excluding hydrogens is 652 g/mol. The molecular formula is C44H42N2O6. The van der Waals surface area contributed by atoms with Crippen LogP contribution in [0.15, 0.2) is 121 Å². The van der Waals surface area contributed by atoms with Gasteiger partial charge in [-0.05, 0) is 76.3 Å². The van der Waals surface area contributed by atoms with Gasteiger partial charge >= 0.3 is 18.2 Å². The Morgan fingerprint density at radius 1 is 0.577 bits per heavy atom. The first kappa shape index (κ1) is 34.6. The molecule has 5 aromatic carbocycles. The molecule has 7 rings (SSSR count). The van der Waals surface area contributed by atoms with Gasteiger partial charge in [-0.2, -0.15) is 0 Å². The van der Waals surface area contributed by atoms with Crippen LogP contribution in [0.3, 0.4) is 0 Å². The largest absolute Gasteiger partial charge is 0.459 e. The molecule has 2 aliphatic carbocycles. The average Bonchev–Trinajstić information content (AvgIpc) is 3.67. The topological polar surface area (TPSA) is 103 Å². The van der Waals surface area contributed by atoms with E-state index in [0.717, 1.165) is 44.5 Å². The Bertz CT molecular complexity index is 1970. The van der Waals surface area contributed by atoms with Gasteiger partial charge in [-0.3, -0.25) is 0 Å². The number of nitrogens with one attached hydrogen (secondary N) is 2. The highest BCUT2D eigenvalue weighted by molar-refractivity contribution is 5.82. The number of carbonyl (C=O) groups is 3. The molecule has 1 atom stereocenters. The molecule has 0 unspecified atom stereocenters. The maximum atomic E-state index is 13.3. The fourth-order valence-electron chi connectivity index (χ4n) is 7.28. The van der Waals surface area contributed by atoms with Gasteiger partial charge in [0, 0.05) is 18.4 Å². The number of hydrogen-bond acceptors (Lipinski definition) is 6. The number of esters is 1. The fourth-order valence-corrected chi connectivity index (χ4v) is 7.28. The summed E-state index contributed by atoms with van der Waals surface area (Å²) < 4.78 is 17.0. The van der Waals surface area contributed by atoms with E-state index in [-0.39, 0.29) is 31.7 Å². The summed E-state index contributed by atoms with van der Waals surface area (Å²) in [5.41, 5.74) is 11.1. The van der Waals surface area contributed by atoms with Crippen molar-refractivity contribution in [1.82, 2.24) is 10.6 Å². The number of ether oxygens (including phenoxy) is 3. The highest BCUT2D eigenvalue weighted by Gasteiger charge is 2.31. The van der Waals surface area contributed by atoms with E-state index in [1.165, 1.54) is 11.1 Å². The van der Waals surface area contributed by atoms with Gasteiger partial charge in [-0.1, -0.05) is 127 Å². The summed E-state index contributed by atoms with van der Waals surface area (Å²) >= 11 is 0. The second-order valence-corrected chi connectivity index (χ2v) is 13.4. The summed E-state index contributed by atoms with van der Waals surface area (Å²) in [5.74, 6) is -0.665. The van der Waals surface area contributed by atoms with Gasteiger partial charge in [0.1, 0.15) is 25.9 Å². The molecule has 8 nitrogen and oxygen atoms in total. The fraction of sp³-hybridized carbons (Fsp3) is 0.250. The zero-order valence-corrected chi connectivity index (χ0v) is 29.2. The molecule has 0 heterocycles. The smallest absolute Gasteiger partial charge is 0.407 e. The third-order valence-corrected chi connectivity index (χ3v) is 9.95. The van der Waals surface area contributed by atoms with Gasteiger partial charge in [0.2, 0.25) is 0 Å². The van der Waals surface area contributed by atoms with E-state index in [1.807, 2.05) is 79.7 Å². The minimum absolute atomic E-state index is 0.0196. The summed E-state index contributed by atoms with van der Waals surface area (Å²) in [6.07, 6.45) is 0.239. The molecule has 264 valence electrons. The van der Waals surface area contributed by atoms with E-state index in [0.29, 0.717) is 25.8 Å². The van der Waals surface area contributed by atoms with E-state index in [9.17, 15) is 14.4 Å². The number of carbonyl (C=O) groups excluding carboxylic acids is 3. The van der Waals surface area contributed by atoms with Gasteiger partial charge in [0.25, 0.3) is 0 Å². The predicted molar refractivity (Wildman–Crippen MR) is 200 cm³/mol. The minimum Gasteiger partial charge on any atom is -0.459 e. The summed E-state index contributed by atoms with van der Waals surface area (Å²) in [6, 6.07) is 39.5. The van der Waals surface area contributed by atoms with Crippen LogP contribution in [-0.4, -0.2) is 44.0 Å². The predicted octanol–water partition coefficient (Wildman–Crippen LogP) is 8.65. The third kappa shape index (κ3) is 7.71. The van der Waals surface area contributed by atoms with Crippen molar-refractivity contribution in [2.24, 2.45) is 0 Å². The lowest BCUT2D eigenvalue weighted by atomic mass is 9.98. The maximum Gasteiger partial charge on any atom is 0.407 e. The molecule has 0 radical (unpaired) electrons. The van der Waals surface area contributed by atoms with Crippen LogP contribution in [0.4, 0.5) is 9.59 Å². The first-order chi connectivity index (χ1) is 25.5. The number of rotatable bonds is 13. The van der Waals surface area contributed by atoms with Crippen molar-refractivity contribution in [2.45, 2.75) is 50.7 Å². The van der Waals surface area contributed by atoms with Gasteiger partial charge in [-0.25, -0.2) is 14.4 Å². The van der Waals surface area contributed by atoms with Gasteiger partial charge in [0.05, 0.1) is 0 Å². The van der Waals surface area contributed by atoms with E-state index in [1.54, 1.807) is 0 Å². The van der Waals surface area contributed by atoms with Crippen molar-refractivity contribution in [2.75, 3.05) is 19.8 Å². The Morgan fingerprint density at radius 3 is 1.54 bits per heavy atom. The van der Waals surface area contributed by atoms with Crippen molar-refractivity contribution in [1.29, 1.82) is 0 Å². The van der Waals surface area contributed by atoms with E-state index in [2.05, 4.69) is 59.2 Å². The maximum absolute atomic E-state index is 13.3. The number of hydrogen-bond donors (Lipinski definition) is 2. The summed E-state index contributed by atoms with van der Waals surface area (Å²) in [7, 11) is 0. The minimum atomic E-state index is -0.921. The van der Waals surface area contributed by atoms with Crippen LogP contribution in [0.1, 0.15) is 64.5 Å². The molecule has 0 aromatic heterocycles. The summed E-state index contributed by atoms with van der Waals surface area (Å²) in [4.78, 5) is 39.1. The lowest BCUT2D eigenvalue weighted by Gasteiger charge is -2.19. The molecule has 0 fully saturated rings. The van der Waals surface area contributed by atoms with Crippen molar-refractivity contribution in [3.63, 3.8) is 0 Å². The molecule has 5 aromatic rings. The van der Waals surface area contributed by atoms with Crippen LogP contribution in [0.5, 0.6) is 0 Å². The zero-order chi connectivity index (χ0) is 35.9. The number of benzene rings is 5. The number of alkyl carbamates (subject to hydrolysis) is 2. The molecule has 0 saturated carbocycles. The Labute approximate surface area is 304 Å². The summed E-state index contributed by atoms with van der Waals surface area (Å²) in [6.45, 7) is 2.80. The normalized spacial score (nSPS) is 13.2. The van der Waals surface area contributed by atoms with Crippen molar-refractivity contribution >= 4 is 18.2 Å². The average molecular weight is 695 g/mol. The van der Waals surface area contributed by atoms with Crippen molar-refractivity contribution in [3.05, 3.63) is 155 Å². The molecule has 0 spiro atoms. The first-order valence-corrected chi connectivity index (χ1v) is 17.9. The molecule has 8 heteroatoms. The van der Waals surface area contributed by atoms with E-state index in [4.69, 9.17) is 14.2 Å². The van der Waals surface area contributed by atoms with Crippen LogP contribution < -0.4 is 10.6 Å². The number of fused-ring (bicyclic) bond motifs is 6. The number of amides is 2. The van der Waals surface area contributed by atoms with Gasteiger partial charge in [-0.15, -0.1) is 0 Å². The second kappa shape index (κ2) is 16.0. The van der Waals surface area contributed by atoms with Crippen LogP contribution in [0.25, 0.3) is 22.3 Å². The first-order valence-electron chi connectivity index (χ1n) is 17.9. The van der Waals surface area contributed by atoms with E-state index < -0.39 is 24.2 Å². The van der Waals surface area contributed by atoms with Crippen molar-refractivity contribution in [3.8, 4) is 22.3 Å². The second-order valence-electron chi connectivity index (χ2n) is 13.4. The standard InChI is InChI=1S/C44H42N2O6/c1-29-21-23-30(24-22-29)26-50-42(47)41(46-44(49)52-28-40-37-18-8-4-14-33(37)34-15-5-9-19-38(34)40)20-10-11-25-45-43(48)51-27-39-35-16-6-2-12-31(35)32-13-3-7-17-36(32)39/h2-9,12-19,21-24,39-41H,10-11,20,25-28H2,1H3,(H,45,48)(H,46,49)/t41-/m0/s1. The molecule has 2 N–H and O–H groups in total. The van der Waals surface area contributed by atoms with Crippen molar-refractivity contribution < 1.29 is 28.6 Å². The van der Waals surface area contributed by atoms with Gasteiger partial charge in [0.15, 0.2) is 0 Å². The number of aryl methyl sites for hydroxylation is 1. The van der Waals surface area contributed by atoms with Crippen LogP contribution in [-0.2, 0) is 25.6 Å². The van der Waals surface area contributed by atoms with Crippen LogP contribution >= 0.6 is 0 Å². The molecule has 0 aliphatic heterocycles. The lowest BCUT2D eigenvalue weighted by Crippen LogP contribution is -2.42. The highest BCUT2D eigenvalue weighted by Crippen LogP contribution is 2.45. The molecule has 2 amide bonds. The number of unbranched alkanes of at least 4 members (excludes halogenated alkanes) is 1. The highest BCUT2D eigenvalue weighted by atomic mass is 16.6. The SMILES string of the molecule is Cc1ccc(COC(=O)[C@H](CCCCNC(=O)OCC2c3ccccc3-c3ccccc32)NC(=O)OCC2c3ccccc3-c3ccccc32)cc1. The Kier molecular flexibility index (Phi) is 10.6. The quantitative estimate of drug-likeness (QED) is 0.0727. The van der Waals surface area contributed by atoms with Gasteiger partial charge < -0.3 is 24.8 Å². The monoisotopic (exact) mass is 694 g/mol. The Hall–Kier alpha value is -5.89. The summed E-state index contributed by atoms with van der Waals surface area (Å²) in [5, 5.41) is 5.58. The molecule has 0 bridgehead atoms. The van der Waals surface area contributed by atoms with Crippen LogP contribution in [0.2, 0.25) is 0 Å². The Balaban J connectivity index is 0.909. The molecule has 2 aliphatic rings. The zero-order valence-electron chi connectivity index (χ0n) is 29.2. The molecule has 52 heavy (non-hydrogen) atoms. The Morgan fingerprint density at radius 2 is 1.04 bits per heavy atom. The van der Waals surface area contributed by atoms with E-state index >= 15 is 0 Å². The molecule has 0 saturated heterocycles. The van der Waals surface area contributed by atoms with Crippen LogP contribution in [0, 0.1) is 6.92 Å². The third-order valence-electron chi connectivity index (χ3n) is 9.95. The lowest BCUT2D eigenvalue weighted by molar-refractivity contribution is -0.147.